The highest BCUT2D eigenvalue weighted by molar-refractivity contribution is 6.32. The number of methoxy groups -OCH3 is 1. The van der Waals surface area contributed by atoms with Gasteiger partial charge in [0.1, 0.15) is 0 Å². The summed E-state index contributed by atoms with van der Waals surface area (Å²) in [6.45, 7) is 0. The van der Waals surface area contributed by atoms with Crippen LogP contribution in [0.1, 0.15) is 23.6 Å². The monoisotopic (exact) mass is 317 g/mol. The molecule has 0 bridgehead atoms. The molecule has 1 aromatic carbocycles. The Labute approximate surface area is 119 Å². The number of rotatable bonds is 3. The highest BCUT2D eigenvalue weighted by Gasteiger charge is 2.34. The molecule has 3 nitrogen and oxygen atoms in total. The molecule has 0 aliphatic rings. The third kappa shape index (κ3) is 4.56. The Bertz CT molecular complexity index is 452. The number of alkyl halides is 3. The number of nitrogens with two attached hydrogens (primary N) is 1. The number of benzene rings is 1. The molecule has 1 rings (SSSR count). The molecule has 108 valence electrons. The summed E-state index contributed by atoms with van der Waals surface area (Å²) in [4.78, 5) is 11.0. The van der Waals surface area contributed by atoms with Crippen LogP contribution in [-0.4, -0.2) is 13.1 Å². The van der Waals surface area contributed by atoms with Crippen LogP contribution in [0, 0.1) is 0 Å². The topological polar surface area (TPSA) is 52.3 Å². The van der Waals surface area contributed by atoms with Crippen molar-refractivity contribution >= 4 is 30.0 Å². The Morgan fingerprint density at radius 3 is 2.53 bits per heavy atom. The lowest BCUT2D eigenvalue weighted by Gasteiger charge is -2.16. The van der Waals surface area contributed by atoms with Gasteiger partial charge >= 0.3 is 12.1 Å². The van der Waals surface area contributed by atoms with Gasteiger partial charge in [0.15, 0.2) is 0 Å². The van der Waals surface area contributed by atoms with E-state index >= 15 is 0 Å². The van der Waals surface area contributed by atoms with Gasteiger partial charge in [-0.25, -0.2) is 0 Å². The number of carbonyl (C=O) groups excluding carboxylic acids is 1. The van der Waals surface area contributed by atoms with Crippen molar-refractivity contribution < 1.29 is 22.7 Å². The summed E-state index contributed by atoms with van der Waals surface area (Å²) >= 11 is 5.66. The standard InChI is InChI=1S/C11H11ClF3NO2.ClH/c1-18-9(17)5-8(16)6-3-2-4-7(10(6)12)11(13,14)15;/h2-4,8H,5,16H2,1H3;1H/t8-;/m1./s1. The molecule has 0 aliphatic carbocycles. The maximum Gasteiger partial charge on any atom is 0.417 e. The van der Waals surface area contributed by atoms with Crippen LogP contribution in [-0.2, 0) is 15.7 Å². The van der Waals surface area contributed by atoms with E-state index in [9.17, 15) is 18.0 Å². The number of halogens is 5. The van der Waals surface area contributed by atoms with Crippen molar-refractivity contribution in [1.29, 1.82) is 0 Å². The van der Waals surface area contributed by atoms with Crippen molar-refractivity contribution in [1.82, 2.24) is 0 Å². The summed E-state index contributed by atoms with van der Waals surface area (Å²) in [5.41, 5.74) is 4.73. The fourth-order valence-electron chi connectivity index (χ4n) is 1.43. The lowest BCUT2D eigenvalue weighted by atomic mass is 10.0. The second kappa shape index (κ2) is 6.98. The Kier molecular flexibility index (Phi) is 6.62. The van der Waals surface area contributed by atoms with Gasteiger partial charge in [0, 0.05) is 6.04 Å². The zero-order valence-electron chi connectivity index (χ0n) is 9.83. The van der Waals surface area contributed by atoms with Crippen molar-refractivity contribution in [2.24, 2.45) is 5.73 Å². The van der Waals surface area contributed by atoms with E-state index in [1.165, 1.54) is 19.2 Å². The Hall–Kier alpha value is -0.980. The second-order valence-electron chi connectivity index (χ2n) is 3.59. The molecule has 8 heteroatoms. The van der Waals surface area contributed by atoms with Gasteiger partial charge in [0.05, 0.1) is 24.1 Å². The Morgan fingerprint density at radius 2 is 2.05 bits per heavy atom. The molecule has 0 spiro atoms. The molecule has 19 heavy (non-hydrogen) atoms. The second-order valence-corrected chi connectivity index (χ2v) is 3.97. The summed E-state index contributed by atoms with van der Waals surface area (Å²) < 4.78 is 42.2. The van der Waals surface area contributed by atoms with Crippen LogP contribution in [0.25, 0.3) is 0 Å². The zero-order chi connectivity index (χ0) is 13.9. The van der Waals surface area contributed by atoms with Crippen LogP contribution in [0.3, 0.4) is 0 Å². The number of esters is 1. The predicted molar refractivity (Wildman–Crippen MR) is 67.3 cm³/mol. The van der Waals surface area contributed by atoms with E-state index in [1.807, 2.05) is 0 Å². The fourth-order valence-corrected chi connectivity index (χ4v) is 1.80. The Morgan fingerprint density at radius 1 is 1.47 bits per heavy atom. The molecular formula is C11H12Cl2F3NO2. The third-order valence-electron chi connectivity index (χ3n) is 2.35. The first-order valence-electron chi connectivity index (χ1n) is 4.95. The van der Waals surface area contributed by atoms with Crippen LogP contribution < -0.4 is 5.73 Å². The third-order valence-corrected chi connectivity index (χ3v) is 2.77. The minimum absolute atomic E-state index is 0. The van der Waals surface area contributed by atoms with Crippen molar-refractivity contribution in [3.05, 3.63) is 34.3 Å². The van der Waals surface area contributed by atoms with Crippen LogP contribution in [0.4, 0.5) is 13.2 Å². The summed E-state index contributed by atoms with van der Waals surface area (Å²) in [7, 11) is 1.17. The largest absolute Gasteiger partial charge is 0.469 e. The number of hydrogen-bond donors (Lipinski definition) is 1. The van der Waals surface area contributed by atoms with Gasteiger partial charge < -0.3 is 10.5 Å². The minimum Gasteiger partial charge on any atom is -0.469 e. The lowest BCUT2D eigenvalue weighted by Crippen LogP contribution is -2.18. The molecule has 0 fully saturated rings. The number of hydrogen-bond acceptors (Lipinski definition) is 3. The van der Waals surface area contributed by atoms with E-state index in [2.05, 4.69) is 4.74 Å². The smallest absolute Gasteiger partial charge is 0.417 e. The van der Waals surface area contributed by atoms with E-state index in [4.69, 9.17) is 17.3 Å². The molecule has 0 aromatic heterocycles. The molecule has 1 atom stereocenters. The summed E-state index contributed by atoms with van der Waals surface area (Å²) in [6.07, 6.45) is -4.80. The van der Waals surface area contributed by atoms with Crippen LogP contribution in [0.2, 0.25) is 5.02 Å². The number of carbonyl (C=O) groups is 1. The lowest BCUT2D eigenvalue weighted by molar-refractivity contribution is -0.141. The summed E-state index contributed by atoms with van der Waals surface area (Å²) in [5, 5.41) is -0.485. The van der Waals surface area contributed by atoms with E-state index < -0.39 is 28.8 Å². The van der Waals surface area contributed by atoms with Gasteiger partial charge in [-0.3, -0.25) is 4.79 Å². The van der Waals surface area contributed by atoms with Crippen molar-refractivity contribution in [2.75, 3.05) is 7.11 Å². The van der Waals surface area contributed by atoms with Gasteiger partial charge in [-0.15, -0.1) is 12.4 Å². The quantitative estimate of drug-likeness (QED) is 0.870. The summed E-state index contributed by atoms with van der Waals surface area (Å²) in [5.74, 6) is -0.615. The first kappa shape index (κ1) is 18.0. The van der Waals surface area contributed by atoms with E-state index in [0.717, 1.165) is 6.07 Å². The van der Waals surface area contributed by atoms with Gasteiger partial charge in [-0.05, 0) is 11.6 Å². The maximum atomic E-state index is 12.6. The van der Waals surface area contributed by atoms with Crippen LogP contribution in [0.15, 0.2) is 18.2 Å². The van der Waals surface area contributed by atoms with Crippen molar-refractivity contribution in [3.63, 3.8) is 0 Å². The molecular weight excluding hydrogens is 306 g/mol. The number of ether oxygens (including phenoxy) is 1. The van der Waals surface area contributed by atoms with E-state index in [1.54, 1.807) is 0 Å². The molecule has 0 amide bonds. The zero-order valence-corrected chi connectivity index (χ0v) is 11.4. The van der Waals surface area contributed by atoms with Crippen LogP contribution in [0.5, 0.6) is 0 Å². The average molecular weight is 318 g/mol. The fraction of sp³-hybridized carbons (Fsp3) is 0.364. The predicted octanol–water partition coefficient (Wildman–Crippen LogP) is 3.34. The van der Waals surface area contributed by atoms with Crippen molar-refractivity contribution in [2.45, 2.75) is 18.6 Å². The molecule has 0 saturated heterocycles. The van der Waals surface area contributed by atoms with Gasteiger partial charge in [0.25, 0.3) is 0 Å². The first-order valence-corrected chi connectivity index (χ1v) is 5.33. The first-order chi connectivity index (χ1) is 8.27. The van der Waals surface area contributed by atoms with Gasteiger partial charge in [-0.1, -0.05) is 23.7 Å². The highest BCUT2D eigenvalue weighted by atomic mass is 35.5. The minimum atomic E-state index is -4.56. The Balaban J connectivity index is 0.00000324. The van der Waals surface area contributed by atoms with E-state index in [0.29, 0.717) is 0 Å². The molecule has 2 N–H and O–H groups in total. The SMILES string of the molecule is COC(=O)C[C@@H](N)c1cccc(C(F)(F)F)c1Cl.Cl. The van der Waals surface area contributed by atoms with Crippen LogP contribution >= 0.6 is 24.0 Å². The molecule has 0 aliphatic heterocycles. The molecule has 0 saturated carbocycles. The van der Waals surface area contributed by atoms with E-state index in [-0.39, 0.29) is 24.4 Å². The normalized spacial score (nSPS) is 12.5. The van der Waals surface area contributed by atoms with Gasteiger partial charge in [-0.2, -0.15) is 13.2 Å². The molecule has 0 radical (unpaired) electrons. The molecule has 0 unspecified atom stereocenters. The van der Waals surface area contributed by atoms with Crippen molar-refractivity contribution in [3.8, 4) is 0 Å². The molecule has 1 aromatic rings. The highest BCUT2D eigenvalue weighted by Crippen LogP contribution is 2.38. The maximum absolute atomic E-state index is 12.6. The molecule has 0 heterocycles. The van der Waals surface area contributed by atoms with Gasteiger partial charge in [0.2, 0.25) is 0 Å². The average Bonchev–Trinajstić information content (AvgIpc) is 2.27. The summed E-state index contributed by atoms with van der Waals surface area (Å²) in [6, 6.07) is 2.47.